The Morgan fingerprint density at radius 1 is 1.11 bits per heavy atom. The number of carbonyl (C=O) groups is 1. The highest BCUT2D eigenvalue weighted by Crippen LogP contribution is 2.29. The number of ether oxygens (including phenoxy) is 2. The Labute approximate surface area is 163 Å². The first-order valence-corrected chi connectivity index (χ1v) is 8.90. The van der Waals surface area contributed by atoms with E-state index in [9.17, 15) is 4.79 Å². The van der Waals surface area contributed by atoms with E-state index in [0.717, 1.165) is 16.5 Å². The van der Waals surface area contributed by atoms with Crippen molar-refractivity contribution in [2.45, 2.75) is 19.9 Å². The van der Waals surface area contributed by atoms with Gasteiger partial charge in [0.25, 0.3) is 5.91 Å². The molecule has 0 saturated carbocycles. The van der Waals surface area contributed by atoms with E-state index in [1.807, 2.05) is 44.2 Å². The van der Waals surface area contributed by atoms with Gasteiger partial charge in [0.05, 0.1) is 37.0 Å². The monoisotopic (exact) mass is 384 g/mol. The standard InChI is InChI=1S/C21H21ClN2O3/c1-12(17-11-16(26-3)6-8-20(17)27-4)24-21(25)18-10-14-9-15(22)5-7-19(14)23-13(18)2/h5-12H,1-4H3,(H,24,25). The Balaban J connectivity index is 1.91. The minimum atomic E-state index is -0.281. The number of nitrogens with zero attached hydrogens (tertiary/aromatic N) is 1. The number of rotatable bonds is 5. The van der Waals surface area contributed by atoms with Gasteiger partial charge in [0.1, 0.15) is 11.5 Å². The van der Waals surface area contributed by atoms with Crippen LogP contribution in [0.4, 0.5) is 0 Å². The second-order valence-corrected chi connectivity index (χ2v) is 6.70. The molecule has 140 valence electrons. The van der Waals surface area contributed by atoms with E-state index in [4.69, 9.17) is 21.1 Å². The van der Waals surface area contributed by atoms with E-state index in [2.05, 4.69) is 10.3 Å². The van der Waals surface area contributed by atoms with Crippen LogP contribution in [0.3, 0.4) is 0 Å². The van der Waals surface area contributed by atoms with Crippen LogP contribution in [0.2, 0.25) is 5.02 Å². The molecule has 0 saturated heterocycles. The van der Waals surface area contributed by atoms with Gasteiger partial charge in [-0.2, -0.15) is 0 Å². The highest BCUT2D eigenvalue weighted by molar-refractivity contribution is 6.31. The molecule has 1 atom stereocenters. The molecule has 1 amide bonds. The van der Waals surface area contributed by atoms with Crippen LogP contribution in [-0.4, -0.2) is 25.1 Å². The van der Waals surface area contributed by atoms with E-state index in [1.54, 1.807) is 26.4 Å². The van der Waals surface area contributed by atoms with Gasteiger partial charge in [-0.1, -0.05) is 11.6 Å². The van der Waals surface area contributed by atoms with Crippen LogP contribution in [0, 0.1) is 6.92 Å². The second-order valence-electron chi connectivity index (χ2n) is 6.26. The molecule has 0 fully saturated rings. The van der Waals surface area contributed by atoms with Crippen molar-refractivity contribution in [2.75, 3.05) is 14.2 Å². The molecule has 0 aliphatic heterocycles. The fourth-order valence-corrected chi connectivity index (χ4v) is 3.18. The number of hydrogen-bond donors (Lipinski definition) is 1. The highest BCUT2D eigenvalue weighted by atomic mass is 35.5. The largest absolute Gasteiger partial charge is 0.497 e. The molecule has 3 rings (SSSR count). The molecule has 3 aromatic rings. The lowest BCUT2D eigenvalue weighted by Crippen LogP contribution is -2.27. The molecule has 0 aliphatic rings. The van der Waals surface area contributed by atoms with Gasteiger partial charge >= 0.3 is 0 Å². The summed E-state index contributed by atoms with van der Waals surface area (Å²) < 4.78 is 10.7. The number of carbonyl (C=O) groups excluding carboxylic acids is 1. The maximum Gasteiger partial charge on any atom is 0.253 e. The van der Waals surface area contributed by atoms with Gasteiger partial charge in [-0.05, 0) is 56.3 Å². The van der Waals surface area contributed by atoms with Gasteiger partial charge in [0, 0.05) is 16.0 Å². The summed E-state index contributed by atoms with van der Waals surface area (Å²) in [6.45, 7) is 3.72. The molecule has 1 N–H and O–H groups in total. The van der Waals surface area contributed by atoms with E-state index in [0.29, 0.717) is 27.8 Å². The van der Waals surface area contributed by atoms with Gasteiger partial charge in [-0.3, -0.25) is 9.78 Å². The molecule has 0 radical (unpaired) electrons. The van der Waals surface area contributed by atoms with Crippen molar-refractivity contribution < 1.29 is 14.3 Å². The third kappa shape index (κ3) is 3.98. The molecule has 1 unspecified atom stereocenters. The number of methoxy groups -OCH3 is 2. The van der Waals surface area contributed by atoms with Crippen LogP contribution >= 0.6 is 11.6 Å². The molecule has 1 heterocycles. The Bertz CT molecular complexity index is 1000. The van der Waals surface area contributed by atoms with E-state index in [-0.39, 0.29) is 11.9 Å². The van der Waals surface area contributed by atoms with Crippen molar-refractivity contribution in [3.8, 4) is 11.5 Å². The maximum absolute atomic E-state index is 12.9. The van der Waals surface area contributed by atoms with E-state index < -0.39 is 0 Å². The summed E-state index contributed by atoms with van der Waals surface area (Å²) in [5, 5.41) is 4.44. The highest BCUT2D eigenvalue weighted by Gasteiger charge is 2.18. The maximum atomic E-state index is 12.9. The number of amides is 1. The molecular formula is C21H21ClN2O3. The summed E-state index contributed by atoms with van der Waals surface area (Å²) in [6.07, 6.45) is 0. The average molecular weight is 385 g/mol. The zero-order chi connectivity index (χ0) is 19.6. The lowest BCUT2D eigenvalue weighted by molar-refractivity contribution is 0.0938. The summed E-state index contributed by atoms with van der Waals surface area (Å²) in [5.41, 5.74) is 2.81. The minimum absolute atomic E-state index is 0.209. The lowest BCUT2D eigenvalue weighted by atomic mass is 10.0. The van der Waals surface area contributed by atoms with Crippen molar-refractivity contribution >= 4 is 28.4 Å². The zero-order valence-corrected chi connectivity index (χ0v) is 16.4. The van der Waals surface area contributed by atoms with Gasteiger partial charge in [0.2, 0.25) is 0 Å². The number of pyridine rings is 1. The van der Waals surface area contributed by atoms with Crippen LogP contribution in [0.1, 0.15) is 34.6 Å². The first-order chi connectivity index (χ1) is 12.9. The predicted molar refractivity (Wildman–Crippen MR) is 107 cm³/mol. The number of fused-ring (bicyclic) bond motifs is 1. The Kier molecular flexibility index (Phi) is 5.51. The molecule has 2 aromatic carbocycles. The fourth-order valence-electron chi connectivity index (χ4n) is 3.00. The third-order valence-electron chi connectivity index (χ3n) is 4.46. The van der Waals surface area contributed by atoms with E-state index >= 15 is 0 Å². The Morgan fingerprint density at radius 2 is 1.89 bits per heavy atom. The molecular weight excluding hydrogens is 364 g/mol. The van der Waals surface area contributed by atoms with E-state index in [1.165, 1.54) is 0 Å². The van der Waals surface area contributed by atoms with Crippen molar-refractivity contribution in [1.29, 1.82) is 0 Å². The molecule has 0 bridgehead atoms. The normalized spacial score (nSPS) is 11.9. The topological polar surface area (TPSA) is 60.5 Å². The molecule has 0 spiro atoms. The Hall–Kier alpha value is -2.79. The van der Waals surface area contributed by atoms with Gasteiger partial charge < -0.3 is 14.8 Å². The number of aryl methyl sites for hydroxylation is 1. The average Bonchev–Trinajstić information content (AvgIpc) is 2.67. The number of halogens is 1. The molecule has 5 nitrogen and oxygen atoms in total. The number of aromatic nitrogens is 1. The summed E-state index contributed by atoms with van der Waals surface area (Å²) in [5.74, 6) is 1.17. The van der Waals surface area contributed by atoms with Crippen LogP contribution in [0.15, 0.2) is 42.5 Å². The first kappa shape index (κ1) is 19.0. The molecule has 6 heteroatoms. The predicted octanol–water partition coefficient (Wildman–Crippen LogP) is 4.70. The van der Waals surface area contributed by atoms with Crippen LogP contribution in [-0.2, 0) is 0 Å². The van der Waals surface area contributed by atoms with Gasteiger partial charge in [-0.15, -0.1) is 0 Å². The lowest BCUT2D eigenvalue weighted by Gasteiger charge is -2.19. The van der Waals surface area contributed by atoms with Crippen LogP contribution < -0.4 is 14.8 Å². The van der Waals surface area contributed by atoms with Crippen molar-refractivity contribution in [3.05, 3.63) is 64.3 Å². The fraction of sp³-hybridized carbons (Fsp3) is 0.238. The number of nitrogens with one attached hydrogen (secondary N) is 1. The van der Waals surface area contributed by atoms with Crippen molar-refractivity contribution in [1.82, 2.24) is 10.3 Å². The summed E-state index contributed by atoms with van der Waals surface area (Å²) in [6, 6.07) is 12.5. The van der Waals surface area contributed by atoms with Gasteiger partial charge in [-0.25, -0.2) is 0 Å². The first-order valence-electron chi connectivity index (χ1n) is 8.52. The number of hydrogen-bond acceptors (Lipinski definition) is 4. The SMILES string of the molecule is COc1ccc(OC)c(C(C)NC(=O)c2cc3cc(Cl)ccc3nc2C)c1. The quantitative estimate of drug-likeness (QED) is 0.692. The van der Waals surface area contributed by atoms with Gasteiger partial charge in [0.15, 0.2) is 0 Å². The number of benzene rings is 2. The third-order valence-corrected chi connectivity index (χ3v) is 4.70. The van der Waals surface area contributed by atoms with Crippen LogP contribution in [0.25, 0.3) is 10.9 Å². The molecule has 1 aromatic heterocycles. The molecule has 27 heavy (non-hydrogen) atoms. The summed E-state index contributed by atoms with van der Waals surface area (Å²) in [7, 11) is 3.20. The van der Waals surface area contributed by atoms with Crippen molar-refractivity contribution in [3.63, 3.8) is 0 Å². The zero-order valence-electron chi connectivity index (χ0n) is 15.7. The smallest absolute Gasteiger partial charge is 0.253 e. The van der Waals surface area contributed by atoms with Crippen molar-refractivity contribution in [2.24, 2.45) is 0 Å². The Morgan fingerprint density at radius 3 is 2.59 bits per heavy atom. The minimum Gasteiger partial charge on any atom is -0.497 e. The second kappa shape index (κ2) is 7.84. The summed E-state index contributed by atoms with van der Waals surface area (Å²) in [4.78, 5) is 17.4. The molecule has 0 aliphatic carbocycles. The van der Waals surface area contributed by atoms with Crippen LogP contribution in [0.5, 0.6) is 11.5 Å². The summed E-state index contributed by atoms with van der Waals surface area (Å²) >= 11 is 6.06.